The number of rotatable bonds is 3. The third-order valence-corrected chi connectivity index (χ3v) is 4.92. The lowest BCUT2D eigenvalue weighted by atomic mass is 9.68. The molecule has 0 radical (unpaired) electrons. The summed E-state index contributed by atoms with van der Waals surface area (Å²) in [6.07, 6.45) is 1.10. The summed E-state index contributed by atoms with van der Waals surface area (Å²) >= 11 is 0. The number of carbonyl (C=O) groups is 2. The predicted molar refractivity (Wildman–Crippen MR) is 96.7 cm³/mol. The highest BCUT2D eigenvalue weighted by atomic mass is 19.1. The molecule has 2 aliphatic rings. The number of hydrogen-bond acceptors (Lipinski definition) is 4. The second-order valence-corrected chi connectivity index (χ2v) is 7.71. The van der Waals surface area contributed by atoms with E-state index in [0.717, 1.165) is 5.70 Å². The number of benzene rings is 1. The Labute approximate surface area is 153 Å². The third-order valence-electron chi connectivity index (χ3n) is 4.92. The summed E-state index contributed by atoms with van der Waals surface area (Å²) < 4.78 is 19.1. The van der Waals surface area contributed by atoms with Gasteiger partial charge in [0, 0.05) is 29.3 Å². The fourth-order valence-electron chi connectivity index (χ4n) is 3.93. The van der Waals surface area contributed by atoms with Gasteiger partial charge in [-0.1, -0.05) is 26.0 Å². The van der Waals surface area contributed by atoms with Gasteiger partial charge in [-0.3, -0.25) is 4.79 Å². The van der Waals surface area contributed by atoms with Crippen molar-refractivity contribution in [2.75, 3.05) is 6.61 Å². The average Bonchev–Trinajstić information content (AvgIpc) is 2.52. The van der Waals surface area contributed by atoms with Gasteiger partial charge in [-0.2, -0.15) is 0 Å². The number of halogens is 1. The lowest BCUT2D eigenvalue weighted by Crippen LogP contribution is -2.38. The number of nitrogens with one attached hydrogen (secondary N) is 1. The molecule has 0 aromatic heterocycles. The molecule has 0 unspecified atom stereocenters. The number of ketones is 1. The van der Waals surface area contributed by atoms with Crippen molar-refractivity contribution in [3.8, 4) is 0 Å². The highest BCUT2D eigenvalue weighted by Crippen LogP contribution is 2.46. The minimum Gasteiger partial charge on any atom is -0.463 e. The molecule has 1 aromatic carbocycles. The van der Waals surface area contributed by atoms with Crippen LogP contribution >= 0.6 is 0 Å². The molecule has 0 fully saturated rings. The Hall–Kier alpha value is -2.43. The molecule has 1 heterocycles. The first-order chi connectivity index (χ1) is 12.2. The van der Waals surface area contributed by atoms with Crippen LogP contribution in [0.5, 0.6) is 0 Å². The maximum absolute atomic E-state index is 13.9. The van der Waals surface area contributed by atoms with Crippen molar-refractivity contribution in [3.05, 3.63) is 58.2 Å². The molecule has 1 aliphatic carbocycles. The van der Waals surface area contributed by atoms with E-state index >= 15 is 0 Å². The van der Waals surface area contributed by atoms with Gasteiger partial charge >= 0.3 is 5.97 Å². The molecular weight excluding hydrogens is 333 g/mol. The Kier molecular flexibility index (Phi) is 4.74. The van der Waals surface area contributed by atoms with Crippen LogP contribution in [0.2, 0.25) is 0 Å². The number of carbonyl (C=O) groups excluding carboxylic acids is 2. The van der Waals surface area contributed by atoms with Crippen molar-refractivity contribution in [1.29, 1.82) is 0 Å². The van der Waals surface area contributed by atoms with Crippen LogP contribution in [-0.2, 0) is 14.3 Å². The van der Waals surface area contributed by atoms with Crippen molar-refractivity contribution in [2.24, 2.45) is 5.41 Å². The molecule has 5 heteroatoms. The highest BCUT2D eigenvalue weighted by Gasteiger charge is 2.43. The Morgan fingerprint density at radius 3 is 2.73 bits per heavy atom. The molecule has 0 spiro atoms. The minimum absolute atomic E-state index is 0.00712. The van der Waals surface area contributed by atoms with Crippen LogP contribution < -0.4 is 5.32 Å². The Morgan fingerprint density at radius 2 is 2.08 bits per heavy atom. The Balaban J connectivity index is 2.18. The first-order valence-electron chi connectivity index (χ1n) is 8.90. The standard InChI is InChI=1S/C21H24FNO3/c1-5-26-20(25)17-12(2)23-15-10-21(3,4)11-16(24)19(15)18(17)13-7-6-8-14(22)9-13/h6-9,18,23H,5,10-11H2,1-4H3/t18-/m0/s1. The molecule has 1 aliphatic heterocycles. The van der Waals surface area contributed by atoms with Crippen LogP contribution in [0, 0.1) is 11.2 Å². The van der Waals surface area contributed by atoms with Gasteiger partial charge < -0.3 is 10.1 Å². The lowest BCUT2D eigenvalue weighted by Gasteiger charge is -2.39. The smallest absolute Gasteiger partial charge is 0.336 e. The molecule has 26 heavy (non-hydrogen) atoms. The summed E-state index contributed by atoms with van der Waals surface area (Å²) in [4.78, 5) is 25.6. The predicted octanol–water partition coefficient (Wildman–Crippen LogP) is 3.99. The SMILES string of the molecule is CCOC(=O)C1=C(C)NC2=C(C(=O)CC(C)(C)C2)[C@H]1c1cccc(F)c1. The summed E-state index contributed by atoms with van der Waals surface area (Å²) in [5.74, 6) is -1.49. The number of esters is 1. The van der Waals surface area contributed by atoms with E-state index in [1.54, 1.807) is 26.0 Å². The zero-order valence-electron chi connectivity index (χ0n) is 15.6. The third kappa shape index (κ3) is 3.30. The molecule has 4 nitrogen and oxygen atoms in total. The summed E-state index contributed by atoms with van der Waals surface area (Å²) in [7, 11) is 0. The summed E-state index contributed by atoms with van der Waals surface area (Å²) in [5, 5.41) is 3.25. The number of allylic oxidation sites excluding steroid dienone is 3. The molecule has 0 bridgehead atoms. The Bertz CT molecular complexity index is 835. The quantitative estimate of drug-likeness (QED) is 0.831. The molecule has 1 atom stereocenters. The Morgan fingerprint density at radius 1 is 1.35 bits per heavy atom. The normalized spacial score (nSPS) is 22.0. The van der Waals surface area contributed by atoms with E-state index in [-0.39, 0.29) is 17.8 Å². The first kappa shape index (κ1) is 18.4. The van der Waals surface area contributed by atoms with E-state index in [0.29, 0.717) is 35.2 Å². The number of hydrogen-bond donors (Lipinski definition) is 1. The minimum atomic E-state index is -0.607. The van der Waals surface area contributed by atoms with E-state index < -0.39 is 17.7 Å². The van der Waals surface area contributed by atoms with Gasteiger partial charge in [-0.25, -0.2) is 9.18 Å². The zero-order chi connectivity index (χ0) is 19.1. The van der Waals surface area contributed by atoms with E-state index in [2.05, 4.69) is 5.32 Å². The van der Waals surface area contributed by atoms with Gasteiger partial charge in [-0.15, -0.1) is 0 Å². The van der Waals surface area contributed by atoms with E-state index in [1.807, 2.05) is 13.8 Å². The van der Waals surface area contributed by atoms with Crippen molar-refractivity contribution >= 4 is 11.8 Å². The molecule has 1 aromatic rings. The topological polar surface area (TPSA) is 55.4 Å². The van der Waals surface area contributed by atoms with Crippen molar-refractivity contribution in [1.82, 2.24) is 5.32 Å². The summed E-state index contributed by atoms with van der Waals surface area (Å²) in [6.45, 7) is 7.87. The van der Waals surface area contributed by atoms with E-state index in [9.17, 15) is 14.0 Å². The lowest BCUT2D eigenvalue weighted by molar-refractivity contribution is -0.138. The summed E-state index contributed by atoms with van der Waals surface area (Å²) in [6, 6.07) is 6.10. The van der Waals surface area contributed by atoms with E-state index in [4.69, 9.17) is 4.74 Å². The van der Waals surface area contributed by atoms with Crippen LogP contribution in [0.25, 0.3) is 0 Å². The molecule has 138 valence electrons. The fraction of sp³-hybridized carbons (Fsp3) is 0.429. The molecule has 0 saturated carbocycles. The second-order valence-electron chi connectivity index (χ2n) is 7.71. The van der Waals surface area contributed by atoms with Crippen LogP contribution in [0.15, 0.2) is 46.8 Å². The molecule has 1 N–H and O–H groups in total. The van der Waals surface area contributed by atoms with E-state index in [1.165, 1.54) is 12.1 Å². The first-order valence-corrected chi connectivity index (χ1v) is 8.90. The van der Waals surface area contributed by atoms with Crippen molar-refractivity contribution in [3.63, 3.8) is 0 Å². The number of ether oxygens (including phenoxy) is 1. The van der Waals surface area contributed by atoms with Crippen molar-refractivity contribution in [2.45, 2.75) is 46.5 Å². The molecular formula is C21H24FNO3. The van der Waals surface area contributed by atoms with Crippen LogP contribution in [0.1, 0.15) is 52.0 Å². The monoisotopic (exact) mass is 357 g/mol. The van der Waals surface area contributed by atoms with Gasteiger partial charge in [0.15, 0.2) is 5.78 Å². The van der Waals surface area contributed by atoms with Gasteiger partial charge in [0.2, 0.25) is 0 Å². The number of dihydropyridines is 1. The van der Waals surface area contributed by atoms with Gasteiger partial charge in [0.1, 0.15) is 5.82 Å². The molecule has 0 saturated heterocycles. The molecule has 0 amide bonds. The second kappa shape index (κ2) is 6.71. The number of Topliss-reactive ketones (excluding diaryl/α,β-unsaturated/α-hetero) is 1. The zero-order valence-corrected chi connectivity index (χ0v) is 15.6. The van der Waals surface area contributed by atoms with Crippen LogP contribution in [0.3, 0.4) is 0 Å². The van der Waals surface area contributed by atoms with Gasteiger partial charge in [0.05, 0.1) is 12.2 Å². The maximum atomic E-state index is 13.9. The van der Waals surface area contributed by atoms with Gasteiger partial charge in [0.25, 0.3) is 0 Å². The summed E-state index contributed by atoms with van der Waals surface area (Å²) in [5.41, 5.74) is 2.85. The maximum Gasteiger partial charge on any atom is 0.336 e. The van der Waals surface area contributed by atoms with Crippen molar-refractivity contribution < 1.29 is 18.7 Å². The van der Waals surface area contributed by atoms with Crippen LogP contribution in [0.4, 0.5) is 4.39 Å². The average molecular weight is 357 g/mol. The van der Waals surface area contributed by atoms with Crippen LogP contribution in [-0.4, -0.2) is 18.4 Å². The fourth-order valence-corrected chi connectivity index (χ4v) is 3.93. The van der Waals surface area contributed by atoms with Gasteiger partial charge in [-0.05, 0) is 43.4 Å². The largest absolute Gasteiger partial charge is 0.463 e. The highest BCUT2D eigenvalue weighted by molar-refractivity contribution is 6.04. The molecule has 3 rings (SSSR count).